The minimum absolute atomic E-state index is 0.296. The van der Waals surface area contributed by atoms with Crippen LogP contribution in [0.25, 0.3) is 10.8 Å². The fourth-order valence-electron chi connectivity index (χ4n) is 3.68. The number of hydrogen-bond donors (Lipinski definition) is 0. The molecular weight excluding hydrogens is 348 g/mol. The van der Waals surface area contributed by atoms with Crippen molar-refractivity contribution in [1.29, 1.82) is 0 Å². The lowest BCUT2D eigenvalue weighted by atomic mass is 9.76. The van der Waals surface area contributed by atoms with E-state index in [1.807, 2.05) is 36.4 Å². The summed E-state index contributed by atoms with van der Waals surface area (Å²) in [6.45, 7) is 1.31. The lowest BCUT2D eigenvalue weighted by Gasteiger charge is -2.49. The molecule has 0 N–H and O–H groups in total. The van der Waals surface area contributed by atoms with Gasteiger partial charge in [-0.2, -0.15) is 4.31 Å². The molecule has 0 atom stereocenters. The van der Waals surface area contributed by atoms with Crippen LogP contribution < -0.4 is 0 Å². The Balaban J connectivity index is 1.68. The van der Waals surface area contributed by atoms with E-state index in [-0.39, 0.29) is 5.41 Å². The fraction of sp³-hybridized carbons (Fsp3) is 0.250. The van der Waals surface area contributed by atoms with Crippen LogP contribution in [0.1, 0.15) is 5.56 Å². The van der Waals surface area contributed by atoms with Crippen LogP contribution in [0.3, 0.4) is 0 Å². The number of pyridine rings is 1. The van der Waals surface area contributed by atoms with Crippen molar-refractivity contribution >= 4 is 20.8 Å². The Morgan fingerprint density at radius 3 is 2.58 bits per heavy atom. The number of fused-ring (bicyclic) bond motifs is 1. The summed E-state index contributed by atoms with van der Waals surface area (Å²) in [4.78, 5) is 4.41. The molecule has 3 aromatic rings. The lowest BCUT2D eigenvalue weighted by molar-refractivity contribution is 0.0493. The van der Waals surface area contributed by atoms with E-state index < -0.39 is 10.0 Å². The number of rotatable bonds is 5. The second kappa shape index (κ2) is 6.46. The highest BCUT2D eigenvalue weighted by Gasteiger charge is 2.49. The van der Waals surface area contributed by atoms with Crippen LogP contribution in [0.4, 0.5) is 0 Å². The number of ether oxygens (including phenoxy) is 1. The Bertz CT molecular complexity index is 1020. The summed E-state index contributed by atoms with van der Waals surface area (Å²) in [7, 11) is -1.92. The Morgan fingerprint density at radius 2 is 1.85 bits per heavy atom. The molecule has 1 aliphatic rings. The van der Waals surface area contributed by atoms with Gasteiger partial charge in [0.15, 0.2) is 0 Å². The molecule has 0 saturated carbocycles. The smallest absolute Gasteiger partial charge is 0.243 e. The summed E-state index contributed by atoms with van der Waals surface area (Å²) in [5, 5.41) is 1.52. The number of sulfonamides is 1. The first kappa shape index (κ1) is 17.1. The maximum absolute atomic E-state index is 13.2. The standard InChI is InChI=1S/C20H20N2O3S/c1-25-15-20(17-7-3-2-4-8-17)13-22(14-20)26(23,24)19-9-5-6-16-12-21-11-10-18(16)19/h2-12H,13-15H2,1H3. The molecule has 0 amide bonds. The van der Waals surface area contributed by atoms with Gasteiger partial charge >= 0.3 is 0 Å². The molecule has 0 unspecified atom stereocenters. The summed E-state index contributed by atoms with van der Waals surface area (Å²) in [6, 6.07) is 17.0. The number of aromatic nitrogens is 1. The van der Waals surface area contributed by atoms with Gasteiger partial charge in [0.1, 0.15) is 0 Å². The molecular formula is C20H20N2O3S. The summed E-state index contributed by atoms with van der Waals surface area (Å²) in [5.41, 5.74) is 0.810. The normalized spacial score (nSPS) is 17.1. The molecule has 2 heterocycles. The third kappa shape index (κ3) is 2.70. The van der Waals surface area contributed by atoms with Gasteiger partial charge in [0.2, 0.25) is 10.0 Å². The Morgan fingerprint density at radius 1 is 1.08 bits per heavy atom. The van der Waals surface area contributed by atoms with E-state index in [1.165, 1.54) is 4.31 Å². The second-order valence-electron chi connectivity index (χ2n) is 6.71. The predicted molar refractivity (Wildman–Crippen MR) is 100 cm³/mol. The van der Waals surface area contributed by atoms with Crippen molar-refractivity contribution in [2.24, 2.45) is 0 Å². The topological polar surface area (TPSA) is 59.5 Å². The summed E-state index contributed by atoms with van der Waals surface area (Å²) < 4.78 is 33.4. The highest BCUT2D eigenvalue weighted by atomic mass is 32.2. The van der Waals surface area contributed by atoms with Gasteiger partial charge in [0.05, 0.1) is 11.5 Å². The highest BCUT2D eigenvalue weighted by molar-refractivity contribution is 7.89. The SMILES string of the molecule is COCC1(c2ccccc2)CN(S(=O)(=O)c2cccc3cnccc23)C1. The molecule has 0 bridgehead atoms. The molecule has 6 heteroatoms. The van der Waals surface area contributed by atoms with E-state index in [0.29, 0.717) is 30.0 Å². The molecule has 1 fully saturated rings. The zero-order chi connectivity index (χ0) is 18.2. The second-order valence-corrected chi connectivity index (χ2v) is 8.61. The van der Waals surface area contributed by atoms with Gasteiger partial charge in [-0.1, -0.05) is 42.5 Å². The van der Waals surface area contributed by atoms with E-state index in [9.17, 15) is 8.42 Å². The number of hydrogen-bond acceptors (Lipinski definition) is 4. The largest absolute Gasteiger partial charge is 0.384 e. The molecule has 1 saturated heterocycles. The summed E-state index contributed by atoms with van der Waals surface area (Å²) in [5.74, 6) is 0. The Labute approximate surface area is 153 Å². The van der Waals surface area contributed by atoms with Crippen LogP contribution in [0.2, 0.25) is 0 Å². The molecule has 1 aromatic heterocycles. The van der Waals surface area contributed by atoms with E-state index in [1.54, 1.807) is 37.7 Å². The van der Waals surface area contributed by atoms with Crippen molar-refractivity contribution in [1.82, 2.24) is 9.29 Å². The van der Waals surface area contributed by atoms with E-state index in [0.717, 1.165) is 10.9 Å². The van der Waals surface area contributed by atoms with Crippen LogP contribution in [-0.2, 0) is 20.2 Å². The van der Waals surface area contributed by atoms with E-state index >= 15 is 0 Å². The van der Waals surface area contributed by atoms with Gasteiger partial charge in [-0.05, 0) is 17.7 Å². The highest BCUT2D eigenvalue weighted by Crippen LogP contribution is 2.39. The van der Waals surface area contributed by atoms with Gasteiger partial charge < -0.3 is 4.74 Å². The maximum Gasteiger partial charge on any atom is 0.243 e. The van der Waals surface area contributed by atoms with Crippen molar-refractivity contribution in [3.8, 4) is 0 Å². The lowest BCUT2D eigenvalue weighted by Crippen LogP contribution is -2.63. The predicted octanol–water partition coefficient (Wildman–Crippen LogP) is 2.82. The molecule has 134 valence electrons. The zero-order valence-corrected chi connectivity index (χ0v) is 15.3. The minimum atomic E-state index is -3.58. The number of benzene rings is 2. The minimum Gasteiger partial charge on any atom is -0.384 e. The maximum atomic E-state index is 13.2. The first-order valence-corrected chi connectivity index (χ1v) is 9.88. The Hall–Kier alpha value is -2.28. The van der Waals surface area contributed by atoms with Crippen molar-refractivity contribution in [2.75, 3.05) is 26.8 Å². The van der Waals surface area contributed by atoms with Gasteiger partial charge in [-0.25, -0.2) is 8.42 Å². The van der Waals surface area contributed by atoms with Crippen LogP contribution in [0.5, 0.6) is 0 Å². The van der Waals surface area contributed by atoms with Crippen molar-refractivity contribution < 1.29 is 13.2 Å². The van der Waals surface area contributed by atoms with Gasteiger partial charge in [-0.15, -0.1) is 0 Å². The van der Waals surface area contributed by atoms with Crippen molar-refractivity contribution in [3.05, 3.63) is 72.6 Å². The molecule has 1 aliphatic heterocycles. The Kier molecular flexibility index (Phi) is 4.26. The molecule has 4 rings (SSSR count). The third-order valence-electron chi connectivity index (χ3n) is 5.02. The monoisotopic (exact) mass is 368 g/mol. The van der Waals surface area contributed by atoms with Crippen LogP contribution >= 0.6 is 0 Å². The fourth-order valence-corrected chi connectivity index (χ4v) is 5.51. The van der Waals surface area contributed by atoms with E-state index in [4.69, 9.17) is 4.74 Å². The first-order chi connectivity index (χ1) is 12.6. The quantitative estimate of drug-likeness (QED) is 0.695. The average molecular weight is 368 g/mol. The molecule has 2 aromatic carbocycles. The van der Waals surface area contributed by atoms with Crippen molar-refractivity contribution in [2.45, 2.75) is 10.3 Å². The van der Waals surface area contributed by atoms with Crippen molar-refractivity contribution in [3.63, 3.8) is 0 Å². The summed E-state index contributed by atoms with van der Waals surface area (Å²) in [6.07, 6.45) is 3.31. The van der Waals surface area contributed by atoms with Crippen LogP contribution in [-0.4, -0.2) is 44.5 Å². The van der Waals surface area contributed by atoms with Gasteiger partial charge in [0.25, 0.3) is 0 Å². The molecule has 5 nitrogen and oxygen atoms in total. The molecule has 0 radical (unpaired) electrons. The van der Waals surface area contributed by atoms with Gasteiger partial charge in [-0.3, -0.25) is 4.98 Å². The van der Waals surface area contributed by atoms with E-state index in [2.05, 4.69) is 4.98 Å². The first-order valence-electron chi connectivity index (χ1n) is 8.44. The number of methoxy groups -OCH3 is 1. The average Bonchev–Trinajstić information content (AvgIpc) is 2.64. The number of nitrogens with zero attached hydrogens (tertiary/aromatic N) is 2. The summed E-state index contributed by atoms with van der Waals surface area (Å²) >= 11 is 0. The van der Waals surface area contributed by atoms with Crippen LogP contribution in [0, 0.1) is 0 Å². The van der Waals surface area contributed by atoms with Gasteiger partial charge in [0, 0.05) is 48.8 Å². The third-order valence-corrected chi connectivity index (χ3v) is 6.87. The molecule has 0 spiro atoms. The molecule has 0 aliphatic carbocycles. The van der Waals surface area contributed by atoms with Crippen LogP contribution in [0.15, 0.2) is 71.9 Å². The molecule has 26 heavy (non-hydrogen) atoms. The zero-order valence-electron chi connectivity index (χ0n) is 14.5.